The number of hydrogen-bond donors (Lipinski definition) is 1. The number of halogens is 1. The van der Waals surface area contributed by atoms with Crippen LogP contribution in [-0.4, -0.2) is 25.7 Å². The lowest BCUT2D eigenvalue weighted by molar-refractivity contribution is 0.465. The maximum Gasteiger partial charge on any atom is 0.0642 e. The lowest BCUT2D eigenvalue weighted by Gasteiger charge is -2.33. The zero-order valence-electron chi connectivity index (χ0n) is 8.89. The number of rotatable bonds is 0. The summed E-state index contributed by atoms with van der Waals surface area (Å²) in [6.45, 7) is 2.20. The van der Waals surface area contributed by atoms with Crippen LogP contribution in [0.5, 0.6) is 0 Å². The topological polar surface area (TPSA) is 15.3 Å². The van der Waals surface area contributed by atoms with Crippen LogP contribution in [0.15, 0.2) is 18.2 Å². The lowest BCUT2D eigenvalue weighted by atomic mass is 9.94. The summed E-state index contributed by atoms with van der Waals surface area (Å²) in [5, 5.41) is 4.34. The van der Waals surface area contributed by atoms with Crippen molar-refractivity contribution >= 4 is 17.3 Å². The molecule has 0 amide bonds. The molecule has 1 atom stereocenters. The summed E-state index contributed by atoms with van der Waals surface area (Å²) in [7, 11) is 2.17. The molecule has 15 heavy (non-hydrogen) atoms. The Labute approximate surface area is 95.2 Å². The summed E-state index contributed by atoms with van der Waals surface area (Å²) in [6.07, 6.45) is 2.35. The largest absolute Gasteiger partial charge is 0.366 e. The SMILES string of the molecule is CN1c2c(Cl)cccc2CC12CCNC2. The van der Waals surface area contributed by atoms with Gasteiger partial charge in [0.25, 0.3) is 0 Å². The second kappa shape index (κ2) is 3.13. The molecule has 0 saturated carbocycles. The van der Waals surface area contributed by atoms with Crippen molar-refractivity contribution in [2.75, 3.05) is 25.0 Å². The van der Waals surface area contributed by atoms with Gasteiger partial charge in [0.2, 0.25) is 0 Å². The van der Waals surface area contributed by atoms with E-state index in [1.807, 2.05) is 6.07 Å². The lowest BCUT2D eigenvalue weighted by Crippen LogP contribution is -2.46. The Morgan fingerprint density at radius 1 is 1.47 bits per heavy atom. The van der Waals surface area contributed by atoms with Crippen LogP contribution in [0, 0.1) is 0 Å². The molecule has 0 aliphatic carbocycles. The van der Waals surface area contributed by atoms with E-state index < -0.39 is 0 Å². The zero-order chi connectivity index (χ0) is 10.5. The number of likely N-dealkylation sites (N-methyl/N-ethyl adjacent to an activating group) is 1. The van der Waals surface area contributed by atoms with E-state index in [0.717, 1.165) is 24.5 Å². The van der Waals surface area contributed by atoms with E-state index in [4.69, 9.17) is 11.6 Å². The molecule has 3 heteroatoms. The van der Waals surface area contributed by atoms with Gasteiger partial charge in [-0.15, -0.1) is 0 Å². The predicted octanol–water partition coefficient (Wildman–Crippen LogP) is 2.06. The van der Waals surface area contributed by atoms with Crippen LogP contribution in [0.4, 0.5) is 5.69 Å². The number of fused-ring (bicyclic) bond motifs is 1. The van der Waals surface area contributed by atoms with E-state index in [-0.39, 0.29) is 5.54 Å². The molecular weight excluding hydrogens is 208 g/mol. The van der Waals surface area contributed by atoms with Crippen molar-refractivity contribution in [3.05, 3.63) is 28.8 Å². The van der Waals surface area contributed by atoms with E-state index in [0.29, 0.717) is 0 Å². The maximum absolute atomic E-state index is 6.26. The van der Waals surface area contributed by atoms with Gasteiger partial charge in [-0.05, 0) is 31.0 Å². The third-order valence-corrected chi connectivity index (χ3v) is 4.16. The molecule has 1 unspecified atom stereocenters. The van der Waals surface area contributed by atoms with E-state index in [1.165, 1.54) is 17.7 Å². The van der Waals surface area contributed by atoms with Crippen LogP contribution in [0.2, 0.25) is 5.02 Å². The summed E-state index contributed by atoms with van der Waals surface area (Å²) in [5.74, 6) is 0. The van der Waals surface area contributed by atoms with Crippen LogP contribution >= 0.6 is 11.6 Å². The maximum atomic E-state index is 6.26. The van der Waals surface area contributed by atoms with E-state index in [1.54, 1.807) is 0 Å². The molecule has 2 nitrogen and oxygen atoms in total. The van der Waals surface area contributed by atoms with E-state index in [9.17, 15) is 0 Å². The first-order valence-corrected chi connectivity index (χ1v) is 5.83. The first kappa shape index (κ1) is 9.49. The molecule has 2 aliphatic rings. The molecule has 2 aliphatic heterocycles. The van der Waals surface area contributed by atoms with Crippen molar-refractivity contribution in [3.63, 3.8) is 0 Å². The standard InChI is InChI=1S/C12H15ClN2/c1-15-11-9(3-2-4-10(11)13)7-12(15)5-6-14-8-12/h2-4,14H,5-8H2,1H3. The van der Waals surface area contributed by atoms with E-state index >= 15 is 0 Å². The Morgan fingerprint density at radius 2 is 2.33 bits per heavy atom. The Balaban J connectivity index is 2.08. The molecule has 3 rings (SSSR count). The highest BCUT2D eigenvalue weighted by atomic mass is 35.5. The summed E-state index contributed by atoms with van der Waals surface area (Å²) >= 11 is 6.26. The monoisotopic (exact) mass is 222 g/mol. The Bertz CT molecular complexity index is 397. The molecule has 1 fully saturated rings. The molecule has 1 saturated heterocycles. The number of nitrogens with one attached hydrogen (secondary N) is 1. The van der Waals surface area contributed by atoms with Crippen LogP contribution < -0.4 is 10.2 Å². The number of anilines is 1. The molecule has 1 aromatic carbocycles. The number of hydrogen-bond acceptors (Lipinski definition) is 2. The zero-order valence-corrected chi connectivity index (χ0v) is 9.64. The van der Waals surface area contributed by atoms with Gasteiger partial charge in [0.05, 0.1) is 16.2 Å². The third kappa shape index (κ3) is 1.21. The van der Waals surface area contributed by atoms with Crippen molar-refractivity contribution in [1.29, 1.82) is 0 Å². The normalized spacial score (nSPS) is 28.8. The smallest absolute Gasteiger partial charge is 0.0642 e. The highest BCUT2D eigenvalue weighted by Crippen LogP contribution is 2.44. The van der Waals surface area contributed by atoms with E-state index in [2.05, 4.69) is 29.4 Å². The summed E-state index contributed by atoms with van der Waals surface area (Å²) in [5.41, 5.74) is 2.92. The molecule has 1 aromatic rings. The number of para-hydroxylation sites is 1. The minimum atomic E-state index is 0.285. The molecular formula is C12H15ClN2. The predicted molar refractivity (Wildman–Crippen MR) is 63.8 cm³/mol. The van der Waals surface area contributed by atoms with Crippen LogP contribution in [0.1, 0.15) is 12.0 Å². The van der Waals surface area contributed by atoms with Crippen LogP contribution in [0.25, 0.3) is 0 Å². The van der Waals surface area contributed by atoms with Gasteiger partial charge in [0.15, 0.2) is 0 Å². The quantitative estimate of drug-likeness (QED) is 0.723. The minimum Gasteiger partial charge on any atom is -0.366 e. The molecule has 0 bridgehead atoms. The number of benzene rings is 1. The first-order chi connectivity index (χ1) is 7.23. The second-order valence-corrected chi connectivity index (χ2v) is 5.04. The second-order valence-electron chi connectivity index (χ2n) is 4.63. The van der Waals surface area contributed by atoms with Gasteiger partial charge in [-0.1, -0.05) is 23.7 Å². The molecule has 2 heterocycles. The van der Waals surface area contributed by atoms with Crippen LogP contribution in [-0.2, 0) is 6.42 Å². The fourth-order valence-corrected chi connectivity index (χ4v) is 3.28. The molecule has 1 N–H and O–H groups in total. The fourth-order valence-electron chi connectivity index (χ4n) is 2.96. The average Bonchev–Trinajstić information content (AvgIpc) is 2.76. The Kier molecular flexibility index (Phi) is 1.98. The first-order valence-electron chi connectivity index (χ1n) is 5.45. The van der Waals surface area contributed by atoms with Crippen LogP contribution in [0.3, 0.4) is 0 Å². The Hall–Kier alpha value is -0.730. The van der Waals surface area contributed by atoms with Crippen molar-refractivity contribution in [2.24, 2.45) is 0 Å². The molecule has 80 valence electrons. The molecule has 0 aromatic heterocycles. The van der Waals surface area contributed by atoms with Crippen molar-refractivity contribution < 1.29 is 0 Å². The Morgan fingerprint density at radius 3 is 3.00 bits per heavy atom. The highest BCUT2D eigenvalue weighted by Gasteiger charge is 2.44. The van der Waals surface area contributed by atoms with Gasteiger partial charge in [0, 0.05) is 13.6 Å². The van der Waals surface area contributed by atoms with Crippen molar-refractivity contribution in [3.8, 4) is 0 Å². The van der Waals surface area contributed by atoms with Gasteiger partial charge in [-0.3, -0.25) is 0 Å². The van der Waals surface area contributed by atoms with Crippen molar-refractivity contribution in [2.45, 2.75) is 18.4 Å². The van der Waals surface area contributed by atoms with Gasteiger partial charge in [-0.2, -0.15) is 0 Å². The van der Waals surface area contributed by atoms with Gasteiger partial charge in [0.1, 0.15) is 0 Å². The summed E-state index contributed by atoms with van der Waals surface area (Å²) in [6, 6.07) is 6.24. The molecule has 0 radical (unpaired) electrons. The van der Waals surface area contributed by atoms with Gasteiger partial charge >= 0.3 is 0 Å². The molecule has 1 spiro atoms. The van der Waals surface area contributed by atoms with Gasteiger partial charge in [-0.25, -0.2) is 0 Å². The van der Waals surface area contributed by atoms with Crippen molar-refractivity contribution in [1.82, 2.24) is 5.32 Å². The van der Waals surface area contributed by atoms with Gasteiger partial charge < -0.3 is 10.2 Å². The minimum absolute atomic E-state index is 0.285. The third-order valence-electron chi connectivity index (χ3n) is 3.86. The average molecular weight is 223 g/mol. The highest BCUT2D eigenvalue weighted by molar-refractivity contribution is 6.33. The number of nitrogens with zero attached hydrogens (tertiary/aromatic N) is 1. The summed E-state index contributed by atoms with van der Waals surface area (Å²) in [4.78, 5) is 2.38. The fraction of sp³-hybridized carbons (Fsp3) is 0.500. The summed E-state index contributed by atoms with van der Waals surface area (Å²) < 4.78 is 0.